The molecule has 3 fully saturated rings. The highest BCUT2D eigenvalue weighted by atomic mass is 16.5. The van der Waals surface area contributed by atoms with E-state index in [0.717, 1.165) is 32.4 Å². The summed E-state index contributed by atoms with van der Waals surface area (Å²) < 4.78 is 5.86. The van der Waals surface area contributed by atoms with Crippen molar-refractivity contribution in [3.8, 4) is 0 Å². The first kappa shape index (κ1) is 16.9. The lowest BCUT2D eigenvalue weighted by molar-refractivity contribution is -0.109. The van der Waals surface area contributed by atoms with Gasteiger partial charge >= 0.3 is 6.03 Å². The Balaban J connectivity index is 1.51. The topological polar surface area (TPSA) is 41.6 Å². The quantitative estimate of drug-likeness (QED) is 0.884. The van der Waals surface area contributed by atoms with Crippen molar-refractivity contribution in [1.82, 2.24) is 10.2 Å². The van der Waals surface area contributed by atoms with Gasteiger partial charge in [-0.2, -0.15) is 0 Å². The van der Waals surface area contributed by atoms with Crippen molar-refractivity contribution in [1.29, 1.82) is 0 Å². The molecule has 2 amide bonds. The molecule has 136 valence electrons. The fourth-order valence-electron chi connectivity index (χ4n) is 5.30. The molecule has 0 unspecified atom stereocenters. The van der Waals surface area contributed by atoms with Gasteiger partial charge in [0.1, 0.15) is 0 Å². The molecule has 4 rings (SSSR count). The van der Waals surface area contributed by atoms with E-state index in [1.165, 1.54) is 16.7 Å². The molecule has 1 aliphatic carbocycles. The zero-order valence-corrected chi connectivity index (χ0v) is 15.8. The fourth-order valence-corrected chi connectivity index (χ4v) is 5.30. The number of hydrogen-bond acceptors (Lipinski definition) is 2. The Morgan fingerprint density at radius 2 is 2.08 bits per heavy atom. The average Bonchev–Trinajstić information content (AvgIpc) is 3.23. The van der Waals surface area contributed by atoms with Gasteiger partial charge in [-0.05, 0) is 49.8 Å². The van der Waals surface area contributed by atoms with Crippen molar-refractivity contribution in [3.63, 3.8) is 0 Å². The molecular weight excluding hydrogens is 312 g/mol. The van der Waals surface area contributed by atoms with Crippen LogP contribution in [0.2, 0.25) is 0 Å². The molecule has 25 heavy (non-hydrogen) atoms. The Morgan fingerprint density at radius 1 is 1.28 bits per heavy atom. The fraction of sp³-hybridized carbons (Fsp3) is 0.667. The molecule has 1 aromatic rings. The van der Waals surface area contributed by atoms with Crippen LogP contribution in [0.25, 0.3) is 0 Å². The van der Waals surface area contributed by atoms with Crippen molar-refractivity contribution in [2.75, 3.05) is 13.2 Å². The number of carbonyl (C=O) groups excluding carboxylic acids is 1. The van der Waals surface area contributed by atoms with E-state index in [-0.39, 0.29) is 23.5 Å². The van der Waals surface area contributed by atoms with Crippen LogP contribution in [-0.2, 0) is 4.74 Å². The van der Waals surface area contributed by atoms with Gasteiger partial charge in [0, 0.05) is 30.5 Å². The van der Waals surface area contributed by atoms with E-state index in [4.69, 9.17) is 4.74 Å². The molecule has 0 bridgehead atoms. The maximum Gasteiger partial charge on any atom is 0.318 e. The minimum absolute atomic E-state index is 0.0330. The first-order valence-corrected chi connectivity index (χ1v) is 9.66. The summed E-state index contributed by atoms with van der Waals surface area (Å²) in [5.74, 6) is 0.487. The second kappa shape index (κ2) is 6.01. The third-order valence-electron chi connectivity index (χ3n) is 6.90. The molecular formula is C21H30N2O2. The lowest BCUT2D eigenvalue weighted by Gasteiger charge is -2.54. The Morgan fingerprint density at radius 3 is 2.88 bits per heavy atom. The SMILES string of the molecule is Cc1cccc([C@@H]2CCCN2C(=O)N[C@@H]2[C@H]3CCO[C@H]3C2(C)C)c1C. The number of likely N-dealkylation sites (tertiary alicyclic amines) is 1. The summed E-state index contributed by atoms with van der Waals surface area (Å²) in [7, 11) is 0. The first-order valence-electron chi connectivity index (χ1n) is 9.66. The molecule has 1 N–H and O–H groups in total. The summed E-state index contributed by atoms with van der Waals surface area (Å²) in [6, 6.07) is 6.99. The first-order chi connectivity index (χ1) is 11.9. The molecule has 0 spiro atoms. The summed E-state index contributed by atoms with van der Waals surface area (Å²) in [5.41, 5.74) is 3.96. The van der Waals surface area contributed by atoms with Gasteiger partial charge in [-0.15, -0.1) is 0 Å². The van der Waals surface area contributed by atoms with Crippen LogP contribution in [0.5, 0.6) is 0 Å². The third-order valence-corrected chi connectivity index (χ3v) is 6.90. The zero-order chi connectivity index (χ0) is 17.8. The number of fused-ring (bicyclic) bond motifs is 1. The molecule has 1 saturated carbocycles. The number of nitrogens with one attached hydrogen (secondary N) is 1. The number of nitrogens with zero attached hydrogens (tertiary/aromatic N) is 1. The molecule has 0 aromatic heterocycles. The summed E-state index contributed by atoms with van der Waals surface area (Å²) >= 11 is 0. The van der Waals surface area contributed by atoms with Crippen LogP contribution in [-0.4, -0.2) is 36.2 Å². The molecule has 4 atom stereocenters. The average molecular weight is 342 g/mol. The lowest BCUT2D eigenvalue weighted by atomic mass is 9.57. The number of urea groups is 1. The normalized spacial score (nSPS) is 33.0. The van der Waals surface area contributed by atoms with Crippen molar-refractivity contribution >= 4 is 6.03 Å². The van der Waals surface area contributed by atoms with Crippen LogP contribution in [0.4, 0.5) is 4.79 Å². The second-order valence-corrected chi connectivity index (χ2v) is 8.63. The standard InChI is InChI=1S/C21H30N2O2/c1-13-7-5-8-15(14(13)2)17-9-6-11-23(17)20(24)22-18-16-10-12-25-19(16)21(18,3)4/h5,7-8,16-19H,6,9-12H2,1-4H3,(H,22,24)/t16-,17+,18-,19-/m1/s1. The molecule has 1 aromatic carbocycles. The smallest absolute Gasteiger partial charge is 0.318 e. The van der Waals surface area contributed by atoms with Crippen molar-refractivity contribution in [2.24, 2.45) is 11.3 Å². The molecule has 3 aliphatic rings. The molecule has 2 aliphatic heterocycles. The van der Waals surface area contributed by atoms with Crippen LogP contribution >= 0.6 is 0 Å². The van der Waals surface area contributed by atoms with E-state index < -0.39 is 0 Å². The number of benzene rings is 1. The van der Waals surface area contributed by atoms with E-state index in [0.29, 0.717) is 12.0 Å². The van der Waals surface area contributed by atoms with Crippen LogP contribution in [0.15, 0.2) is 18.2 Å². The highest BCUT2D eigenvalue weighted by Gasteiger charge is 2.60. The van der Waals surface area contributed by atoms with Crippen LogP contribution < -0.4 is 5.32 Å². The number of amides is 2. The molecule has 4 heteroatoms. The maximum atomic E-state index is 13.1. The van der Waals surface area contributed by atoms with Gasteiger partial charge in [-0.25, -0.2) is 4.79 Å². The van der Waals surface area contributed by atoms with E-state index >= 15 is 0 Å². The number of carbonyl (C=O) groups is 1. The van der Waals surface area contributed by atoms with Gasteiger partial charge < -0.3 is 15.0 Å². The Labute approximate surface area is 150 Å². The number of rotatable bonds is 2. The highest BCUT2D eigenvalue weighted by Crippen LogP contribution is 2.52. The maximum absolute atomic E-state index is 13.1. The monoisotopic (exact) mass is 342 g/mol. The zero-order valence-electron chi connectivity index (χ0n) is 15.8. The van der Waals surface area contributed by atoms with Gasteiger partial charge in [0.25, 0.3) is 0 Å². The minimum atomic E-state index is 0.0330. The van der Waals surface area contributed by atoms with Gasteiger partial charge in [0.2, 0.25) is 0 Å². The summed E-state index contributed by atoms with van der Waals surface area (Å²) in [4.78, 5) is 15.1. The summed E-state index contributed by atoms with van der Waals surface area (Å²) in [6.07, 6.45) is 3.51. The summed E-state index contributed by atoms with van der Waals surface area (Å²) in [5, 5.41) is 3.36. The lowest BCUT2D eigenvalue weighted by Crippen LogP contribution is -2.67. The second-order valence-electron chi connectivity index (χ2n) is 8.63. The van der Waals surface area contributed by atoms with Crippen molar-refractivity contribution in [3.05, 3.63) is 34.9 Å². The number of hydrogen-bond donors (Lipinski definition) is 1. The van der Waals surface area contributed by atoms with E-state index in [1.807, 2.05) is 0 Å². The molecule has 4 nitrogen and oxygen atoms in total. The predicted molar refractivity (Wildman–Crippen MR) is 98.5 cm³/mol. The molecule has 2 saturated heterocycles. The van der Waals surface area contributed by atoms with E-state index in [9.17, 15) is 4.79 Å². The van der Waals surface area contributed by atoms with Crippen molar-refractivity contribution < 1.29 is 9.53 Å². The van der Waals surface area contributed by atoms with E-state index in [2.05, 4.69) is 56.1 Å². The van der Waals surface area contributed by atoms with Crippen molar-refractivity contribution in [2.45, 2.75) is 65.1 Å². The Hall–Kier alpha value is -1.55. The van der Waals surface area contributed by atoms with Crippen LogP contribution in [0.1, 0.15) is 55.8 Å². The highest BCUT2D eigenvalue weighted by molar-refractivity contribution is 5.76. The van der Waals surface area contributed by atoms with Crippen LogP contribution in [0, 0.1) is 25.2 Å². The Bertz CT molecular complexity index is 684. The number of aryl methyl sites for hydroxylation is 1. The molecule has 0 radical (unpaired) electrons. The van der Waals surface area contributed by atoms with Gasteiger partial charge in [-0.1, -0.05) is 32.0 Å². The summed E-state index contributed by atoms with van der Waals surface area (Å²) in [6.45, 7) is 10.4. The molecule has 2 heterocycles. The van der Waals surface area contributed by atoms with Gasteiger partial charge in [-0.3, -0.25) is 0 Å². The van der Waals surface area contributed by atoms with Gasteiger partial charge in [0.15, 0.2) is 0 Å². The predicted octanol–water partition coefficient (Wildman–Crippen LogP) is 3.96. The minimum Gasteiger partial charge on any atom is -0.377 e. The Kier molecular flexibility index (Phi) is 4.06. The van der Waals surface area contributed by atoms with Gasteiger partial charge in [0.05, 0.1) is 12.1 Å². The van der Waals surface area contributed by atoms with E-state index in [1.54, 1.807) is 0 Å². The third kappa shape index (κ3) is 2.57. The number of ether oxygens (including phenoxy) is 1. The largest absolute Gasteiger partial charge is 0.377 e. The van der Waals surface area contributed by atoms with Crippen LogP contribution in [0.3, 0.4) is 0 Å².